The molecule has 4 rings (SSSR count). The molecular weight excluding hydrogens is 538 g/mol. The zero-order valence-corrected chi connectivity index (χ0v) is 24.3. The third-order valence-electron chi connectivity index (χ3n) is 6.44. The van der Waals surface area contributed by atoms with Gasteiger partial charge in [-0.05, 0) is 60.9 Å². The number of nitrogens with zero attached hydrogens (tertiary/aromatic N) is 1. The van der Waals surface area contributed by atoms with Crippen molar-refractivity contribution in [3.05, 3.63) is 112 Å². The van der Waals surface area contributed by atoms with Crippen molar-refractivity contribution < 1.29 is 17.6 Å². The Labute approximate surface area is 241 Å². The lowest BCUT2D eigenvalue weighted by Crippen LogP contribution is -2.33. The Balaban J connectivity index is 0.000000254. The van der Waals surface area contributed by atoms with Gasteiger partial charge in [-0.2, -0.15) is 13.2 Å². The van der Waals surface area contributed by atoms with Crippen molar-refractivity contribution in [3.8, 4) is 0 Å². The Morgan fingerprint density at radius 1 is 1.02 bits per heavy atom. The van der Waals surface area contributed by atoms with Gasteiger partial charge in [0.15, 0.2) is 0 Å². The van der Waals surface area contributed by atoms with Crippen molar-refractivity contribution in [2.45, 2.75) is 77.4 Å². The first-order valence-electron chi connectivity index (χ1n) is 13.7. The first-order chi connectivity index (χ1) is 19.0. The van der Waals surface area contributed by atoms with E-state index in [9.17, 15) is 17.6 Å². The Bertz CT molecular complexity index is 1140. The van der Waals surface area contributed by atoms with Crippen molar-refractivity contribution in [3.63, 3.8) is 0 Å². The molecule has 218 valence electrons. The lowest BCUT2D eigenvalue weighted by molar-refractivity contribution is -0.140. The van der Waals surface area contributed by atoms with E-state index >= 15 is 0 Å². The number of nitrogens with one attached hydrogen (secondary N) is 2. The highest BCUT2D eigenvalue weighted by atomic mass is 35.5. The van der Waals surface area contributed by atoms with Crippen LogP contribution in [0.3, 0.4) is 0 Å². The van der Waals surface area contributed by atoms with E-state index in [-0.39, 0.29) is 12.0 Å². The summed E-state index contributed by atoms with van der Waals surface area (Å²) < 4.78 is 51.7. The minimum Gasteiger partial charge on any atom is -0.372 e. The summed E-state index contributed by atoms with van der Waals surface area (Å²) in [5.41, 5.74) is 1.33. The molecule has 1 aromatic heterocycles. The molecule has 1 aliphatic carbocycles. The normalized spacial score (nSPS) is 13.1. The molecule has 0 unspecified atom stereocenters. The van der Waals surface area contributed by atoms with Gasteiger partial charge in [0.25, 0.3) is 0 Å². The maximum Gasteiger partial charge on any atom is 0.419 e. The van der Waals surface area contributed by atoms with E-state index in [0.717, 1.165) is 31.0 Å². The third kappa shape index (κ3) is 12.0. The van der Waals surface area contributed by atoms with Crippen LogP contribution in [0, 0.1) is 5.82 Å². The molecule has 2 N–H and O–H groups in total. The fourth-order valence-corrected chi connectivity index (χ4v) is 4.26. The van der Waals surface area contributed by atoms with Gasteiger partial charge in [0, 0.05) is 24.5 Å². The molecule has 1 saturated carbocycles. The summed E-state index contributed by atoms with van der Waals surface area (Å²) >= 11 is 5.65. The Morgan fingerprint density at radius 3 is 2.23 bits per heavy atom. The Hall–Kier alpha value is -3.06. The summed E-state index contributed by atoms with van der Waals surface area (Å²) in [6, 6.07) is 18.0. The first-order valence-corrected chi connectivity index (χ1v) is 14.1. The molecule has 0 saturated heterocycles. The predicted molar refractivity (Wildman–Crippen MR) is 157 cm³/mol. The van der Waals surface area contributed by atoms with E-state index in [0.29, 0.717) is 29.3 Å². The van der Waals surface area contributed by atoms with Gasteiger partial charge >= 0.3 is 6.18 Å². The first kappa shape index (κ1) is 33.1. The van der Waals surface area contributed by atoms with Crippen molar-refractivity contribution in [1.29, 1.82) is 0 Å². The van der Waals surface area contributed by atoms with Crippen LogP contribution in [0.4, 0.5) is 17.6 Å². The average molecular weight is 578 g/mol. The summed E-state index contributed by atoms with van der Waals surface area (Å²) in [5.74, 6) is -0.0669. The van der Waals surface area contributed by atoms with E-state index in [2.05, 4.69) is 67.2 Å². The van der Waals surface area contributed by atoms with Gasteiger partial charge in [0.05, 0.1) is 16.4 Å². The highest BCUT2D eigenvalue weighted by molar-refractivity contribution is 6.30. The monoisotopic (exact) mass is 577 g/mol. The fourth-order valence-electron chi connectivity index (χ4n) is 4.15. The van der Waals surface area contributed by atoms with Crippen LogP contribution in [-0.2, 0) is 19.0 Å². The number of aromatic nitrogens is 1. The summed E-state index contributed by atoms with van der Waals surface area (Å²) in [6.07, 6.45) is 2.91. The zero-order chi connectivity index (χ0) is 29.5. The molecule has 3 nitrogen and oxygen atoms in total. The number of aryl methyl sites for hydroxylation is 1. The largest absolute Gasteiger partial charge is 0.419 e. The molecular formula is C32H40ClF4N3. The SMILES string of the molecule is C=C(NCCc1cccc(C(F)(F)F)c1F)NC1CCCC1.CC(C)c1ccc(Cl)cn1.CCc1ccccc1. The molecule has 1 heterocycles. The second-order valence-corrected chi connectivity index (χ2v) is 10.4. The number of benzene rings is 2. The number of pyridine rings is 1. The smallest absolute Gasteiger partial charge is 0.372 e. The van der Waals surface area contributed by atoms with Gasteiger partial charge in [0.1, 0.15) is 5.82 Å². The second-order valence-electron chi connectivity index (χ2n) is 9.95. The molecule has 8 heteroatoms. The van der Waals surface area contributed by atoms with Crippen LogP contribution in [0.5, 0.6) is 0 Å². The van der Waals surface area contributed by atoms with Crippen LogP contribution in [-0.4, -0.2) is 17.6 Å². The minimum atomic E-state index is -4.67. The molecule has 1 fully saturated rings. The molecule has 0 bridgehead atoms. The number of hydrogen-bond donors (Lipinski definition) is 2. The number of hydrogen-bond acceptors (Lipinski definition) is 3. The number of halogens is 5. The molecule has 0 aliphatic heterocycles. The maximum absolute atomic E-state index is 13.8. The average Bonchev–Trinajstić information content (AvgIpc) is 3.43. The molecule has 3 aromatic rings. The molecule has 0 amide bonds. The van der Waals surface area contributed by atoms with Crippen molar-refractivity contribution in [2.24, 2.45) is 0 Å². The number of rotatable bonds is 8. The van der Waals surface area contributed by atoms with Gasteiger partial charge in [-0.25, -0.2) is 4.39 Å². The topological polar surface area (TPSA) is 37.0 Å². The summed E-state index contributed by atoms with van der Waals surface area (Å²) in [6.45, 7) is 10.5. The van der Waals surface area contributed by atoms with Crippen LogP contribution in [0.25, 0.3) is 0 Å². The predicted octanol–water partition coefficient (Wildman–Crippen LogP) is 9.09. The van der Waals surface area contributed by atoms with Crippen LogP contribution < -0.4 is 10.6 Å². The lowest BCUT2D eigenvalue weighted by Gasteiger charge is -2.17. The number of alkyl halides is 3. The molecule has 0 atom stereocenters. The van der Waals surface area contributed by atoms with Crippen molar-refractivity contribution in [1.82, 2.24) is 15.6 Å². The highest BCUT2D eigenvalue weighted by Gasteiger charge is 2.34. The van der Waals surface area contributed by atoms with Crippen LogP contribution in [0.2, 0.25) is 5.02 Å². The lowest BCUT2D eigenvalue weighted by atomic mass is 10.1. The standard InChI is InChI=1S/C16H20F4N2.C8H10ClN.C8H10/c1-11(22-13-6-2-3-7-13)21-10-9-12-5-4-8-14(15(12)17)16(18,19)20;1-6(2)8-4-3-7(9)5-10-8;1-2-8-6-4-3-5-7-8/h4-5,8,13,21-22H,1-3,6-7,9-10H2;3-6H,1-2H3;3-7H,2H2,1H3. The molecule has 1 aliphatic rings. The van der Waals surface area contributed by atoms with Gasteiger partial charge < -0.3 is 10.6 Å². The van der Waals surface area contributed by atoms with Gasteiger partial charge in [-0.15, -0.1) is 0 Å². The minimum absolute atomic E-state index is 0.0518. The van der Waals surface area contributed by atoms with E-state index in [1.54, 1.807) is 6.20 Å². The quantitative estimate of drug-likeness (QED) is 0.262. The Morgan fingerprint density at radius 2 is 1.70 bits per heavy atom. The van der Waals surface area contributed by atoms with E-state index < -0.39 is 17.6 Å². The van der Waals surface area contributed by atoms with E-state index in [1.165, 1.54) is 30.5 Å². The highest BCUT2D eigenvalue weighted by Crippen LogP contribution is 2.32. The molecule has 0 radical (unpaired) electrons. The summed E-state index contributed by atoms with van der Waals surface area (Å²) in [5, 5.41) is 6.92. The Kier molecular flexibility index (Phi) is 14.0. The van der Waals surface area contributed by atoms with Crippen LogP contribution in [0.1, 0.15) is 74.8 Å². The van der Waals surface area contributed by atoms with Gasteiger partial charge in [-0.1, -0.05) is 94.3 Å². The summed E-state index contributed by atoms with van der Waals surface area (Å²) in [4.78, 5) is 4.15. The third-order valence-corrected chi connectivity index (χ3v) is 6.67. The fraction of sp³-hybridized carbons (Fsp3) is 0.406. The molecule has 2 aromatic carbocycles. The molecule has 0 spiro atoms. The van der Waals surface area contributed by atoms with Gasteiger partial charge in [0.2, 0.25) is 0 Å². The van der Waals surface area contributed by atoms with E-state index in [1.807, 2.05) is 18.2 Å². The van der Waals surface area contributed by atoms with Crippen molar-refractivity contribution >= 4 is 11.6 Å². The van der Waals surface area contributed by atoms with E-state index in [4.69, 9.17) is 11.6 Å². The van der Waals surface area contributed by atoms with Gasteiger partial charge in [-0.3, -0.25) is 4.98 Å². The van der Waals surface area contributed by atoms with Crippen LogP contribution in [0.15, 0.2) is 79.3 Å². The van der Waals surface area contributed by atoms with Crippen LogP contribution >= 0.6 is 11.6 Å². The van der Waals surface area contributed by atoms with Crippen molar-refractivity contribution in [2.75, 3.05) is 6.54 Å². The maximum atomic E-state index is 13.8. The molecule has 40 heavy (non-hydrogen) atoms. The summed E-state index contributed by atoms with van der Waals surface area (Å²) in [7, 11) is 0. The second kappa shape index (κ2) is 16.9. The zero-order valence-electron chi connectivity index (χ0n) is 23.5.